The molecular weight excluding hydrogens is 162 g/mol. The van der Waals surface area contributed by atoms with Gasteiger partial charge in [0.25, 0.3) is 0 Å². The first-order valence-electron chi connectivity index (χ1n) is 4.40. The summed E-state index contributed by atoms with van der Waals surface area (Å²) >= 11 is 0. The van der Waals surface area contributed by atoms with Crippen LogP contribution in [0, 0.1) is 12.3 Å². The van der Waals surface area contributed by atoms with E-state index in [1.807, 2.05) is 24.7 Å². The van der Waals surface area contributed by atoms with Crippen molar-refractivity contribution in [3.05, 3.63) is 18.0 Å². The zero-order chi connectivity index (χ0) is 9.68. The number of hydrogen-bond acceptors (Lipinski definition) is 2. The van der Waals surface area contributed by atoms with Crippen LogP contribution in [-0.4, -0.2) is 22.4 Å². The predicted molar refractivity (Wildman–Crippen MR) is 53.2 cm³/mol. The van der Waals surface area contributed by atoms with Crippen molar-refractivity contribution < 1.29 is 0 Å². The van der Waals surface area contributed by atoms with Crippen molar-refractivity contribution in [2.75, 3.05) is 6.54 Å². The van der Waals surface area contributed by atoms with E-state index in [1.54, 1.807) is 6.20 Å². The Morgan fingerprint density at radius 2 is 2.54 bits per heavy atom. The Morgan fingerprint density at radius 3 is 3.08 bits per heavy atom. The van der Waals surface area contributed by atoms with Gasteiger partial charge in [0.1, 0.15) is 0 Å². The van der Waals surface area contributed by atoms with Gasteiger partial charge in [0, 0.05) is 31.9 Å². The zero-order valence-corrected chi connectivity index (χ0v) is 8.12. The van der Waals surface area contributed by atoms with Crippen LogP contribution in [0.25, 0.3) is 0 Å². The number of aryl methyl sites for hydroxylation is 1. The van der Waals surface area contributed by atoms with Gasteiger partial charge >= 0.3 is 0 Å². The molecular formula is C10H15N3. The molecule has 3 heteroatoms. The van der Waals surface area contributed by atoms with Crippen molar-refractivity contribution >= 4 is 0 Å². The summed E-state index contributed by atoms with van der Waals surface area (Å²) in [6.45, 7) is 2.87. The highest BCUT2D eigenvalue weighted by Gasteiger charge is 1.99. The molecule has 0 aliphatic carbocycles. The molecule has 13 heavy (non-hydrogen) atoms. The van der Waals surface area contributed by atoms with Crippen LogP contribution >= 0.6 is 0 Å². The number of aromatic nitrogens is 2. The Hall–Kier alpha value is -1.27. The monoisotopic (exact) mass is 177 g/mol. The Bertz CT molecular complexity index is 295. The molecule has 0 aromatic carbocycles. The summed E-state index contributed by atoms with van der Waals surface area (Å²) in [7, 11) is 1.94. The third-order valence-electron chi connectivity index (χ3n) is 2.00. The van der Waals surface area contributed by atoms with Gasteiger partial charge in [-0.1, -0.05) is 5.92 Å². The van der Waals surface area contributed by atoms with Gasteiger partial charge in [-0.15, -0.1) is 6.42 Å². The van der Waals surface area contributed by atoms with E-state index < -0.39 is 0 Å². The van der Waals surface area contributed by atoms with Gasteiger partial charge in [0.15, 0.2) is 0 Å². The first-order valence-corrected chi connectivity index (χ1v) is 4.40. The normalized spacial score (nSPS) is 12.4. The Morgan fingerprint density at radius 1 is 1.77 bits per heavy atom. The van der Waals surface area contributed by atoms with Crippen LogP contribution in [0.4, 0.5) is 0 Å². The fourth-order valence-corrected chi connectivity index (χ4v) is 1.12. The summed E-state index contributed by atoms with van der Waals surface area (Å²) < 4.78 is 1.88. The number of nitrogens with one attached hydrogen (secondary N) is 1. The average Bonchev–Trinajstić information content (AvgIpc) is 2.52. The first kappa shape index (κ1) is 9.82. The molecule has 3 nitrogen and oxygen atoms in total. The molecule has 0 saturated heterocycles. The SMILES string of the molecule is C#CC(C)NCCc1ccnn1C. The second-order valence-corrected chi connectivity index (χ2v) is 3.04. The van der Waals surface area contributed by atoms with Crippen molar-refractivity contribution in [2.45, 2.75) is 19.4 Å². The lowest BCUT2D eigenvalue weighted by molar-refractivity contribution is 0.618. The van der Waals surface area contributed by atoms with Crippen molar-refractivity contribution in [2.24, 2.45) is 7.05 Å². The molecule has 1 unspecified atom stereocenters. The summed E-state index contributed by atoms with van der Waals surface area (Å²) in [6.07, 6.45) is 8.00. The summed E-state index contributed by atoms with van der Waals surface area (Å²) in [5.74, 6) is 2.63. The van der Waals surface area contributed by atoms with Crippen molar-refractivity contribution in [3.63, 3.8) is 0 Å². The maximum Gasteiger partial charge on any atom is 0.0658 e. The minimum absolute atomic E-state index is 0.147. The summed E-state index contributed by atoms with van der Waals surface area (Å²) in [5.41, 5.74) is 1.22. The van der Waals surface area contributed by atoms with Gasteiger partial charge in [0.05, 0.1) is 6.04 Å². The van der Waals surface area contributed by atoms with Gasteiger partial charge in [0.2, 0.25) is 0 Å². The average molecular weight is 177 g/mol. The van der Waals surface area contributed by atoms with Crippen LogP contribution in [0.15, 0.2) is 12.3 Å². The molecule has 1 rings (SSSR count). The number of terminal acetylenes is 1. The molecule has 70 valence electrons. The summed E-state index contributed by atoms with van der Waals surface area (Å²) in [4.78, 5) is 0. The zero-order valence-electron chi connectivity index (χ0n) is 8.12. The summed E-state index contributed by atoms with van der Waals surface area (Å²) in [5, 5.41) is 7.30. The van der Waals surface area contributed by atoms with Crippen LogP contribution in [0.3, 0.4) is 0 Å². The van der Waals surface area contributed by atoms with Gasteiger partial charge in [-0.2, -0.15) is 5.10 Å². The second-order valence-electron chi connectivity index (χ2n) is 3.04. The van der Waals surface area contributed by atoms with Crippen molar-refractivity contribution in [1.82, 2.24) is 15.1 Å². The van der Waals surface area contributed by atoms with E-state index >= 15 is 0 Å². The Labute approximate surface area is 79.1 Å². The number of nitrogens with zero attached hydrogens (tertiary/aromatic N) is 2. The van der Waals surface area contributed by atoms with E-state index in [0.717, 1.165) is 13.0 Å². The highest BCUT2D eigenvalue weighted by molar-refractivity contribution is 5.01. The molecule has 0 spiro atoms. The molecule has 0 fully saturated rings. The lowest BCUT2D eigenvalue weighted by Gasteiger charge is -2.06. The van der Waals surface area contributed by atoms with Crippen LogP contribution in [0.1, 0.15) is 12.6 Å². The Kier molecular flexibility index (Phi) is 3.53. The molecule has 1 aromatic heterocycles. The van der Waals surface area contributed by atoms with Crippen LogP contribution in [0.2, 0.25) is 0 Å². The minimum atomic E-state index is 0.147. The molecule has 1 heterocycles. The maximum absolute atomic E-state index is 5.23. The molecule has 0 radical (unpaired) electrons. The Balaban J connectivity index is 2.29. The molecule has 1 aromatic rings. The van der Waals surface area contributed by atoms with Crippen LogP contribution in [-0.2, 0) is 13.5 Å². The predicted octanol–water partition coefficient (Wildman–Crippen LogP) is 0.574. The van der Waals surface area contributed by atoms with E-state index in [0.29, 0.717) is 0 Å². The maximum atomic E-state index is 5.23. The van der Waals surface area contributed by atoms with Crippen molar-refractivity contribution in [3.8, 4) is 12.3 Å². The smallest absolute Gasteiger partial charge is 0.0658 e. The largest absolute Gasteiger partial charge is 0.304 e. The second kappa shape index (κ2) is 4.68. The topological polar surface area (TPSA) is 29.9 Å². The first-order chi connectivity index (χ1) is 6.24. The molecule has 1 atom stereocenters. The molecule has 0 bridgehead atoms. The standard InChI is InChI=1S/C10H15N3/c1-4-9(2)11-7-5-10-6-8-12-13(10)3/h1,6,8-9,11H,5,7H2,2-3H3. The van der Waals surface area contributed by atoms with E-state index in [4.69, 9.17) is 6.42 Å². The van der Waals surface area contributed by atoms with Gasteiger partial charge in [-0.25, -0.2) is 0 Å². The van der Waals surface area contributed by atoms with Gasteiger partial charge in [-0.05, 0) is 13.0 Å². The van der Waals surface area contributed by atoms with E-state index in [9.17, 15) is 0 Å². The molecule has 0 amide bonds. The van der Waals surface area contributed by atoms with E-state index in [-0.39, 0.29) is 6.04 Å². The van der Waals surface area contributed by atoms with Crippen LogP contribution < -0.4 is 5.32 Å². The molecule has 0 aliphatic heterocycles. The third kappa shape index (κ3) is 2.92. The third-order valence-corrected chi connectivity index (χ3v) is 2.00. The highest BCUT2D eigenvalue weighted by atomic mass is 15.3. The highest BCUT2D eigenvalue weighted by Crippen LogP contribution is 1.96. The summed E-state index contributed by atoms with van der Waals surface area (Å²) in [6, 6.07) is 2.16. The van der Waals surface area contributed by atoms with Crippen molar-refractivity contribution in [1.29, 1.82) is 0 Å². The molecule has 1 N–H and O–H groups in total. The number of hydrogen-bond donors (Lipinski definition) is 1. The van der Waals surface area contributed by atoms with E-state index in [2.05, 4.69) is 16.3 Å². The fraction of sp³-hybridized carbons (Fsp3) is 0.500. The number of rotatable bonds is 4. The fourth-order valence-electron chi connectivity index (χ4n) is 1.12. The molecule has 0 saturated carbocycles. The van der Waals surface area contributed by atoms with Gasteiger partial charge < -0.3 is 5.32 Å². The van der Waals surface area contributed by atoms with E-state index in [1.165, 1.54) is 5.69 Å². The minimum Gasteiger partial charge on any atom is -0.304 e. The lowest BCUT2D eigenvalue weighted by atomic mass is 10.3. The quantitative estimate of drug-likeness (QED) is 0.682. The van der Waals surface area contributed by atoms with Gasteiger partial charge in [-0.3, -0.25) is 4.68 Å². The lowest BCUT2D eigenvalue weighted by Crippen LogP contribution is -2.26. The molecule has 0 aliphatic rings. The van der Waals surface area contributed by atoms with Crippen LogP contribution in [0.5, 0.6) is 0 Å².